The van der Waals surface area contributed by atoms with Crippen LogP contribution in [0.5, 0.6) is 0 Å². The minimum Gasteiger partial charge on any atom is -0.478 e. The molecule has 2 heterocycles. The third kappa shape index (κ3) is 1.37. The number of Topliss-reactive ketones (excluding diaryl/α,β-unsaturated/α-hetero) is 1. The number of rotatable bonds is 2. The SMILES string of the molecule is CC(=O)c1c(C)c(C(=O)O)cc2cncn12. The fraction of sp³-hybridized carbons (Fsp3) is 0.182. The van der Waals surface area contributed by atoms with E-state index < -0.39 is 5.97 Å². The van der Waals surface area contributed by atoms with Gasteiger partial charge in [0.05, 0.1) is 29.3 Å². The zero-order valence-electron chi connectivity index (χ0n) is 8.89. The molecule has 0 radical (unpaired) electrons. The van der Waals surface area contributed by atoms with Gasteiger partial charge in [-0.1, -0.05) is 0 Å². The molecule has 0 bridgehead atoms. The van der Waals surface area contributed by atoms with E-state index in [1.807, 2.05) is 0 Å². The molecule has 2 rings (SSSR count). The van der Waals surface area contributed by atoms with E-state index in [2.05, 4.69) is 4.98 Å². The second-order valence-corrected chi connectivity index (χ2v) is 3.58. The average Bonchev–Trinajstić information content (AvgIpc) is 2.62. The van der Waals surface area contributed by atoms with Crippen molar-refractivity contribution in [3.8, 4) is 0 Å². The maximum Gasteiger partial charge on any atom is 0.336 e. The Morgan fingerprint density at radius 1 is 1.44 bits per heavy atom. The molecule has 0 aliphatic heterocycles. The lowest BCUT2D eigenvalue weighted by molar-refractivity contribution is 0.0696. The summed E-state index contributed by atoms with van der Waals surface area (Å²) in [4.78, 5) is 26.4. The van der Waals surface area contributed by atoms with E-state index in [0.29, 0.717) is 16.8 Å². The highest BCUT2D eigenvalue weighted by Crippen LogP contribution is 2.18. The number of carbonyl (C=O) groups is 2. The third-order valence-corrected chi connectivity index (χ3v) is 2.52. The van der Waals surface area contributed by atoms with Crippen LogP contribution in [0.4, 0.5) is 0 Å². The molecule has 82 valence electrons. The van der Waals surface area contributed by atoms with Crippen LogP contribution >= 0.6 is 0 Å². The zero-order chi connectivity index (χ0) is 11.9. The van der Waals surface area contributed by atoms with E-state index in [0.717, 1.165) is 0 Å². The highest BCUT2D eigenvalue weighted by molar-refractivity contribution is 5.99. The Labute approximate surface area is 91.3 Å². The van der Waals surface area contributed by atoms with Gasteiger partial charge in [0.25, 0.3) is 0 Å². The summed E-state index contributed by atoms with van der Waals surface area (Å²) in [5.41, 5.74) is 1.57. The first-order valence-electron chi connectivity index (χ1n) is 4.72. The Hall–Kier alpha value is -2.17. The molecule has 0 fully saturated rings. The number of aromatic nitrogens is 2. The molecule has 2 aromatic heterocycles. The summed E-state index contributed by atoms with van der Waals surface area (Å²) in [5.74, 6) is -1.22. The van der Waals surface area contributed by atoms with Crippen molar-refractivity contribution in [3.63, 3.8) is 0 Å². The molecule has 0 atom stereocenters. The van der Waals surface area contributed by atoms with E-state index >= 15 is 0 Å². The Bertz CT molecular complexity index is 599. The Kier molecular flexibility index (Phi) is 2.23. The molecule has 0 amide bonds. The molecule has 0 aromatic carbocycles. The molecule has 0 spiro atoms. The zero-order valence-corrected chi connectivity index (χ0v) is 8.89. The smallest absolute Gasteiger partial charge is 0.336 e. The van der Waals surface area contributed by atoms with Gasteiger partial charge in [0.2, 0.25) is 0 Å². The predicted octanol–water partition coefficient (Wildman–Crippen LogP) is 1.54. The largest absolute Gasteiger partial charge is 0.478 e. The van der Waals surface area contributed by atoms with Crippen molar-refractivity contribution >= 4 is 17.3 Å². The number of pyridine rings is 1. The summed E-state index contributed by atoms with van der Waals surface area (Å²) >= 11 is 0. The number of carboxylic acids is 1. The van der Waals surface area contributed by atoms with Gasteiger partial charge in [-0.05, 0) is 18.6 Å². The molecule has 0 aliphatic carbocycles. The monoisotopic (exact) mass is 218 g/mol. The second-order valence-electron chi connectivity index (χ2n) is 3.58. The first kappa shape index (κ1) is 10.4. The normalized spacial score (nSPS) is 10.6. The van der Waals surface area contributed by atoms with Crippen molar-refractivity contribution in [2.24, 2.45) is 0 Å². The number of hydrogen-bond acceptors (Lipinski definition) is 3. The van der Waals surface area contributed by atoms with Crippen molar-refractivity contribution < 1.29 is 14.7 Å². The fourth-order valence-corrected chi connectivity index (χ4v) is 1.82. The van der Waals surface area contributed by atoms with Crippen LogP contribution in [0.15, 0.2) is 18.6 Å². The number of aromatic carboxylic acids is 1. The van der Waals surface area contributed by atoms with Crippen molar-refractivity contribution in [1.29, 1.82) is 0 Å². The van der Waals surface area contributed by atoms with E-state index in [4.69, 9.17) is 5.11 Å². The average molecular weight is 218 g/mol. The van der Waals surface area contributed by atoms with E-state index in [1.165, 1.54) is 25.5 Å². The Balaban J connectivity index is 2.92. The van der Waals surface area contributed by atoms with Gasteiger partial charge < -0.3 is 5.11 Å². The molecule has 5 nitrogen and oxygen atoms in total. The molecule has 5 heteroatoms. The van der Waals surface area contributed by atoms with Crippen LogP contribution in [0.3, 0.4) is 0 Å². The summed E-state index contributed by atoms with van der Waals surface area (Å²) in [7, 11) is 0. The molecular weight excluding hydrogens is 208 g/mol. The van der Waals surface area contributed by atoms with Crippen LogP contribution in [0.2, 0.25) is 0 Å². The van der Waals surface area contributed by atoms with Crippen LogP contribution in [0.25, 0.3) is 5.52 Å². The standard InChI is InChI=1S/C11H10N2O3/c1-6-9(11(15)16)3-8-4-12-5-13(8)10(6)7(2)14/h3-5H,1-2H3,(H,15,16). The third-order valence-electron chi connectivity index (χ3n) is 2.52. The number of hydrogen-bond donors (Lipinski definition) is 1. The molecule has 0 aliphatic rings. The molecule has 1 N–H and O–H groups in total. The van der Waals surface area contributed by atoms with E-state index in [9.17, 15) is 9.59 Å². The minimum atomic E-state index is -1.04. The van der Waals surface area contributed by atoms with Crippen LogP contribution in [0, 0.1) is 6.92 Å². The quantitative estimate of drug-likeness (QED) is 0.776. The van der Waals surface area contributed by atoms with Crippen LogP contribution in [0.1, 0.15) is 33.3 Å². The highest BCUT2D eigenvalue weighted by Gasteiger charge is 2.17. The first-order chi connectivity index (χ1) is 7.52. The van der Waals surface area contributed by atoms with Gasteiger partial charge in [-0.25, -0.2) is 9.78 Å². The van der Waals surface area contributed by atoms with Gasteiger partial charge in [-0.15, -0.1) is 0 Å². The number of nitrogens with zero attached hydrogens (tertiary/aromatic N) is 2. The van der Waals surface area contributed by atoms with Gasteiger partial charge in [0.1, 0.15) is 0 Å². The number of ketones is 1. The topological polar surface area (TPSA) is 71.7 Å². The molecule has 0 unspecified atom stereocenters. The van der Waals surface area contributed by atoms with Crippen molar-refractivity contribution in [3.05, 3.63) is 35.4 Å². The Morgan fingerprint density at radius 3 is 2.69 bits per heavy atom. The summed E-state index contributed by atoms with van der Waals surface area (Å²) in [6.45, 7) is 3.03. The summed E-state index contributed by atoms with van der Waals surface area (Å²) < 4.78 is 1.60. The lowest BCUT2D eigenvalue weighted by Crippen LogP contribution is -2.10. The van der Waals surface area contributed by atoms with Crippen LogP contribution in [-0.2, 0) is 0 Å². The fourth-order valence-electron chi connectivity index (χ4n) is 1.82. The van der Waals surface area contributed by atoms with Gasteiger partial charge in [0.15, 0.2) is 5.78 Å². The highest BCUT2D eigenvalue weighted by atomic mass is 16.4. The maximum atomic E-state index is 11.5. The van der Waals surface area contributed by atoms with Gasteiger partial charge >= 0.3 is 5.97 Å². The van der Waals surface area contributed by atoms with Crippen LogP contribution in [-0.4, -0.2) is 26.2 Å². The lowest BCUT2D eigenvalue weighted by Gasteiger charge is -2.09. The summed E-state index contributed by atoms with van der Waals surface area (Å²) in [6, 6.07) is 1.51. The first-order valence-corrected chi connectivity index (χ1v) is 4.72. The molecule has 0 saturated carbocycles. The summed E-state index contributed by atoms with van der Waals surface area (Å²) in [6.07, 6.45) is 3.03. The van der Waals surface area contributed by atoms with Gasteiger partial charge in [0, 0.05) is 6.92 Å². The number of carboxylic acid groups (broad SMARTS) is 1. The molecule has 2 aromatic rings. The maximum absolute atomic E-state index is 11.5. The van der Waals surface area contributed by atoms with E-state index in [-0.39, 0.29) is 11.3 Å². The van der Waals surface area contributed by atoms with E-state index in [1.54, 1.807) is 11.3 Å². The molecular formula is C11H10N2O3. The van der Waals surface area contributed by atoms with Gasteiger partial charge in [-0.3, -0.25) is 9.20 Å². The van der Waals surface area contributed by atoms with Crippen molar-refractivity contribution in [2.75, 3.05) is 0 Å². The minimum absolute atomic E-state index is 0.137. The van der Waals surface area contributed by atoms with Crippen LogP contribution < -0.4 is 0 Å². The second kappa shape index (κ2) is 3.44. The number of carbonyl (C=O) groups excluding carboxylic acids is 1. The number of imidazole rings is 1. The lowest BCUT2D eigenvalue weighted by atomic mass is 10.0. The molecule has 0 saturated heterocycles. The molecule has 16 heavy (non-hydrogen) atoms. The predicted molar refractivity (Wildman–Crippen MR) is 56.9 cm³/mol. The van der Waals surface area contributed by atoms with Crippen molar-refractivity contribution in [2.45, 2.75) is 13.8 Å². The van der Waals surface area contributed by atoms with Gasteiger partial charge in [-0.2, -0.15) is 0 Å². The summed E-state index contributed by atoms with van der Waals surface area (Å²) in [5, 5.41) is 9.03. The number of fused-ring (bicyclic) bond motifs is 1. The Morgan fingerprint density at radius 2 is 2.12 bits per heavy atom. The van der Waals surface area contributed by atoms with Crippen molar-refractivity contribution in [1.82, 2.24) is 9.38 Å².